The summed E-state index contributed by atoms with van der Waals surface area (Å²) in [7, 11) is 6.28. The number of phenolic OH excluding ortho intramolecular Hbond substituents is 1. The van der Waals surface area contributed by atoms with Crippen molar-refractivity contribution in [2.75, 3.05) is 28.4 Å². The van der Waals surface area contributed by atoms with Gasteiger partial charge in [-0.25, -0.2) is 4.98 Å². The summed E-state index contributed by atoms with van der Waals surface area (Å²) in [6.07, 6.45) is 0. The molecule has 0 aliphatic rings. The van der Waals surface area contributed by atoms with Gasteiger partial charge in [-0.05, 0) is 60.7 Å². The predicted molar refractivity (Wildman–Crippen MR) is 123 cm³/mol. The molecule has 3 aromatic carbocycles. The highest BCUT2D eigenvalue weighted by atomic mass is 16.5. The standard InChI is InChI=1S/C25H24N2O5/c1-29-17-9-5-15(6-10-17)21-22(16-7-11-18(30-2)12-8-16)27-25(26-21)19-13-14-20(28)24(32-4)23(19)31-3/h5-14,28H,1-4H3,(H,26,27). The molecule has 0 aliphatic carbocycles. The highest BCUT2D eigenvalue weighted by Gasteiger charge is 2.21. The summed E-state index contributed by atoms with van der Waals surface area (Å²) in [5, 5.41) is 10.1. The molecule has 0 radical (unpaired) electrons. The number of rotatable bonds is 7. The van der Waals surface area contributed by atoms with E-state index in [1.165, 1.54) is 14.2 Å². The van der Waals surface area contributed by atoms with Crippen molar-refractivity contribution in [3.8, 4) is 62.7 Å². The first-order valence-corrected chi connectivity index (χ1v) is 9.92. The number of H-pyrrole nitrogens is 1. The monoisotopic (exact) mass is 432 g/mol. The molecule has 0 saturated carbocycles. The van der Waals surface area contributed by atoms with Crippen LogP contribution >= 0.6 is 0 Å². The van der Waals surface area contributed by atoms with E-state index in [2.05, 4.69) is 4.98 Å². The number of nitrogens with one attached hydrogen (secondary N) is 1. The Morgan fingerprint density at radius 1 is 0.656 bits per heavy atom. The zero-order valence-corrected chi connectivity index (χ0v) is 18.3. The maximum atomic E-state index is 10.1. The molecule has 32 heavy (non-hydrogen) atoms. The van der Waals surface area contributed by atoms with Crippen molar-refractivity contribution in [1.29, 1.82) is 0 Å². The number of hydrogen-bond donors (Lipinski definition) is 2. The van der Waals surface area contributed by atoms with E-state index in [9.17, 15) is 5.11 Å². The van der Waals surface area contributed by atoms with Crippen LogP contribution in [0.3, 0.4) is 0 Å². The largest absolute Gasteiger partial charge is 0.504 e. The Morgan fingerprint density at radius 3 is 1.75 bits per heavy atom. The second-order valence-corrected chi connectivity index (χ2v) is 6.96. The summed E-state index contributed by atoms with van der Waals surface area (Å²) in [4.78, 5) is 8.32. The first-order valence-electron chi connectivity index (χ1n) is 9.92. The van der Waals surface area contributed by atoms with E-state index in [4.69, 9.17) is 23.9 Å². The quantitative estimate of drug-likeness (QED) is 0.420. The van der Waals surface area contributed by atoms with Crippen molar-refractivity contribution in [2.45, 2.75) is 0 Å². The van der Waals surface area contributed by atoms with Gasteiger partial charge in [0.25, 0.3) is 0 Å². The molecule has 164 valence electrons. The zero-order chi connectivity index (χ0) is 22.7. The molecule has 7 nitrogen and oxygen atoms in total. The number of methoxy groups -OCH3 is 4. The summed E-state index contributed by atoms with van der Waals surface area (Å²) in [5.41, 5.74) is 4.13. The molecule has 2 N–H and O–H groups in total. The molecule has 0 atom stereocenters. The average Bonchev–Trinajstić information content (AvgIpc) is 3.29. The number of benzene rings is 3. The topological polar surface area (TPSA) is 85.8 Å². The lowest BCUT2D eigenvalue weighted by atomic mass is 10.0. The number of aromatic hydroxyl groups is 1. The molecule has 0 fully saturated rings. The molecular weight excluding hydrogens is 408 g/mol. The van der Waals surface area contributed by atoms with Crippen LogP contribution in [0.1, 0.15) is 0 Å². The molecule has 1 heterocycles. The van der Waals surface area contributed by atoms with Gasteiger partial charge in [-0.3, -0.25) is 0 Å². The first-order chi connectivity index (χ1) is 15.6. The number of nitrogens with zero attached hydrogens (tertiary/aromatic N) is 1. The van der Waals surface area contributed by atoms with Crippen LogP contribution in [0, 0.1) is 0 Å². The van der Waals surface area contributed by atoms with Gasteiger partial charge in [-0.1, -0.05) is 0 Å². The van der Waals surface area contributed by atoms with Crippen molar-refractivity contribution in [3.63, 3.8) is 0 Å². The van der Waals surface area contributed by atoms with Crippen LogP contribution in [0.4, 0.5) is 0 Å². The summed E-state index contributed by atoms with van der Waals surface area (Å²) in [6.45, 7) is 0. The fourth-order valence-corrected chi connectivity index (χ4v) is 3.56. The normalized spacial score (nSPS) is 10.6. The number of hydrogen-bond acceptors (Lipinski definition) is 6. The van der Waals surface area contributed by atoms with Crippen LogP contribution < -0.4 is 18.9 Å². The van der Waals surface area contributed by atoms with Crippen LogP contribution in [0.25, 0.3) is 33.9 Å². The van der Waals surface area contributed by atoms with Crippen LogP contribution in [0.15, 0.2) is 60.7 Å². The minimum atomic E-state index is -0.00888. The third-order valence-electron chi connectivity index (χ3n) is 5.20. The van der Waals surface area contributed by atoms with Gasteiger partial charge in [0.2, 0.25) is 5.75 Å². The van der Waals surface area contributed by atoms with Crippen molar-refractivity contribution in [1.82, 2.24) is 9.97 Å². The predicted octanol–water partition coefficient (Wildman–Crippen LogP) is 5.15. The van der Waals surface area contributed by atoms with E-state index in [1.807, 2.05) is 48.5 Å². The Morgan fingerprint density at radius 2 is 1.22 bits per heavy atom. The van der Waals surface area contributed by atoms with E-state index < -0.39 is 0 Å². The Hall–Kier alpha value is -4.13. The fourth-order valence-electron chi connectivity index (χ4n) is 3.56. The minimum Gasteiger partial charge on any atom is -0.504 e. The van der Waals surface area contributed by atoms with E-state index in [1.54, 1.807) is 26.4 Å². The summed E-state index contributed by atoms with van der Waals surface area (Å²) in [5.74, 6) is 2.74. The maximum absolute atomic E-state index is 10.1. The van der Waals surface area contributed by atoms with Gasteiger partial charge in [0.1, 0.15) is 17.3 Å². The summed E-state index contributed by atoms with van der Waals surface area (Å²) in [6, 6.07) is 18.7. The molecule has 0 spiro atoms. The Balaban J connectivity index is 1.91. The van der Waals surface area contributed by atoms with Crippen molar-refractivity contribution in [2.24, 2.45) is 0 Å². The van der Waals surface area contributed by atoms with Crippen LogP contribution in [0.2, 0.25) is 0 Å². The van der Waals surface area contributed by atoms with Gasteiger partial charge in [0.05, 0.1) is 45.4 Å². The van der Waals surface area contributed by atoms with Gasteiger partial charge < -0.3 is 29.0 Å². The third-order valence-corrected chi connectivity index (χ3v) is 5.20. The molecular formula is C25H24N2O5. The fraction of sp³-hybridized carbons (Fsp3) is 0.160. The number of ether oxygens (including phenoxy) is 4. The SMILES string of the molecule is COc1ccc(-c2nc(-c3ccc(O)c(OC)c3OC)[nH]c2-c2ccc(OC)cc2)cc1. The van der Waals surface area contributed by atoms with Crippen LogP contribution in [-0.4, -0.2) is 43.5 Å². The Bertz CT molecular complexity index is 1150. The molecule has 0 bridgehead atoms. The number of aromatic nitrogens is 2. The first kappa shape index (κ1) is 21.1. The molecule has 0 unspecified atom stereocenters. The minimum absolute atomic E-state index is 0.00888. The van der Waals surface area contributed by atoms with Gasteiger partial charge in [-0.2, -0.15) is 0 Å². The molecule has 0 amide bonds. The van der Waals surface area contributed by atoms with Gasteiger partial charge in [-0.15, -0.1) is 0 Å². The van der Waals surface area contributed by atoms with Gasteiger partial charge in [0.15, 0.2) is 11.5 Å². The zero-order valence-electron chi connectivity index (χ0n) is 18.3. The highest BCUT2D eigenvalue weighted by molar-refractivity contribution is 5.83. The van der Waals surface area contributed by atoms with Crippen LogP contribution in [0.5, 0.6) is 28.7 Å². The lowest BCUT2D eigenvalue weighted by Gasteiger charge is -2.12. The number of aromatic amines is 1. The molecule has 7 heteroatoms. The smallest absolute Gasteiger partial charge is 0.203 e. The van der Waals surface area contributed by atoms with E-state index in [-0.39, 0.29) is 11.5 Å². The lowest BCUT2D eigenvalue weighted by Crippen LogP contribution is -1.94. The van der Waals surface area contributed by atoms with Gasteiger partial charge in [0, 0.05) is 11.1 Å². The molecule has 4 aromatic rings. The van der Waals surface area contributed by atoms with Gasteiger partial charge >= 0.3 is 0 Å². The van der Waals surface area contributed by atoms with Crippen molar-refractivity contribution in [3.05, 3.63) is 60.7 Å². The Labute approximate surface area is 186 Å². The summed E-state index contributed by atoms with van der Waals surface area (Å²) >= 11 is 0. The van der Waals surface area contributed by atoms with E-state index >= 15 is 0 Å². The molecule has 1 aromatic heterocycles. The average molecular weight is 432 g/mol. The molecule has 0 aliphatic heterocycles. The number of phenols is 1. The lowest BCUT2D eigenvalue weighted by molar-refractivity contribution is 0.334. The highest BCUT2D eigenvalue weighted by Crippen LogP contribution is 2.44. The second-order valence-electron chi connectivity index (χ2n) is 6.96. The van der Waals surface area contributed by atoms with E-state index in [0.29, 0.717) is 17.1 Å². The third kappa shape index (κ3) is 3.80. The van der Waals surface area contributed by atoms with E-state index in [0.717, 1.165) is 34.0 Å². The second kappa shape index (κ2) is 8.93. The Kier molecular flexibility index (Phi) is 5.89. The maximum Gasteiger partial charge on any atom is 0.203 e. The summed E-state index contributed by atoms with van der Waals surface area (Å²) < 4.78 is 21.5. The molecule has 4 rings (SSSR count). The van der Waals surface area contributed by atoms with Crippen molar-refractivity contribution >= 4 is 0 Å². The molecule has 0 saturated heterocycles. The van der Waals surface area contributed by atoms with Crippen LogP contribution in [-0.2, 0) is 0 Å². The van der Waals surface area contributed by atoms with Crippen molar-refractivity contribution < 1.29 is 24.1 Å². The number of imidazole rings is 1.